The van der Waals surface area contributed by atoms with Gasteiger partial charge in [-0.2, -0.15) is 0 Å². The van der Waals surface area contributed by atoms with Gasteiger partial charge in [0.2, 0.25) is 0 Å². The van der Waals surface area contributed by atoms with Crippen LogP contribution in [0, 0.1) is 10.1 Å². The second-order valence-corrected chi connectivity index (χ2v) is 3.63. The van der Waals surface area contributed by atoms with Crippen LogP contribution in [0.2, 0.25) is 0 Å². The molecule has 0 saturated carbocycles. The highest BCUT2D eigenvalue weighted by atomic mass is 16.6. The summed E-state index contributed by atoms with van der Waals surface area (Å²) in [6, 6.07) is 8.32. The fourth-order valence-corrected chi connectivity index (χ4v) is 1.71. The quantitative estimate of drug-likeness (QED) is 0.521. The molecule has 17 heavy (non-hydrogen) atoms. The van der Waals surface area contributed by atoms with E-state index in [1.807, 2.05) is 12.1 Å². The molecule has 6 heteroatoms. The summed E-state index contributed by atoms with van der Waals surface area (Å²) in [7, 11) is 0. The average molecular weight is 228 g/mol. The van der Waals surface area contributed by atoms with E-state index in [-0.39, 0.29) is 5.69 Å². The molecule has 0 amide bonds. The van der Waals surface area contributed by atoms with Crippen LogP contribution < -0.4 is 0 Å². The molecule has 0 radical (unpaired) electrons. The number of imidazole rings is 1. The summed E-state index contributed by atoms with van der Waals surface area (Å²) in [6.07, 6.45) is 1.80. The van der Waals surface area contributed by atoms with Crippen molar-refractivity contribution >= 4 is 16.7 Å². The number of hydrogen-bond acceptors (Lipinski definition) is 3. The number of rotatable bonds is 2. The average Bonchev–Trinajstić information content (AvgIpc) is 2.96. The Kier molecular flexibility index (Phi) is 1.94. The maximum atomic E-state index is 10.6. The monoisotopic (exact) mass is 228 g/mol. The molecule has 3 aromatic rings. The van der Waals surface area contributed by atoms with E-state index in [0.29, 0.717) is 11.3 Å². The van der Waals surface area contributed by atoms with Gasteiger partial charge >= 0.3 is 0 Å². The summed E-state index contributed by atoms with van der Waals surface area (Å²) in [6.45, 7) is 0. The lowest BCUT2D eigenvalue weighted by Crippen LogP contribution is -1.86. The van der Waals surface area contributed by atoms with Gasteiger partial charge in [-0.05, 0) is 18.2 Å². The molecule has 0 aliphatic carbocycles. The van der Waals surface area contributed by atoms with Gasteiger partial charge in [0.15, 0.2) is 5.82 Å². The summed E-state index contributed by atoms with van der Waals surface area (Å²) < 4.78 is 0. The minimum absolute atomic E-state index is 0.0436. The van der Waals surface area contributed by atoms with Gasteiger partial charge in [-0.15, -0.1) is 0 Å². The third-order valence-electron chi connectivity index (χ3n) is 2.53. The maximum absolute atomic E-state index is 10.6. The number of aromatic amines is 2. The number of nitro benzene ring substituents is 1. The van der Waals surface area contributed by atoms with E-state index >= 15 is 0 Å². The predicted octanol–water partition coefficient (Wildman–Crippen LogP) is 2.47. The molecule has 0 atom stereocenters. The van der Waals surface area contributed by atoms with Crippen molar-refractivity contribution in [2.75, 3.05) is 0 Å². The van der Waals surface area contributed by atoms with Gasteiger partial charge in [0.05, 0.1) is 21.7 Å². The first-order chi connectivity index (χ1) is 8.24. The molecule has 1 aromatic carbocycles. The van der Waals surface area contributed by atoms with E-state index in [4.69, 9.17) is 0 Å². The van der Waals surface area contributed by atoms with Crippen molar-refractivity contribution in [3.8, 4) is 11.5 Å². The van der Waals surface area contributed by atoms with E-state index in [1.165, 1.54) is 12.1 Å². The Morgan fingerprint density at radius 3 is 2.88 bits per heavy atom. The Hall–Kier alpha value is -2.63. The second kappa shape index (κ2) is 3.44. The lowest BCUT2D eigenvalue weighted by molar-refractivity contribution is -0.384. The molecule has 0 spiro atoms. The zero-order valence-corrected chi connectivity index (χ0v) is 8.68. The molecule has 0 unspecified atom stereocenters. The SMILES string of the molecule is O=[N+]([O-])c1ccc2[nH]c(-c3ccc[nH]3)nc2c1. The summed E-state index contributed by atoms with van der Waals surface area (Å²) in [5.41, 5.74) is 2.26. The standard InChI is InChI=1S/C11H8N4O2/c16-15(17)7-3-4-8-10(6-7)14-11(13-8)9-2-1-5-12-9/h1-6,12H,(H,13,14). The van der Waals surface area contributed by atoms with Gasteiger partial charge < -0.3 is 9.97 Å². The van der Waals surface area contributed by atoms with Crippen LogP contribution in [0.15, 0.2) is 36.5 Å². The Balaban J connectivity index is 2.16. The lowest BCUT2D eigenvalue weighted by atomic mass is 10.3. The summed E-state index contributed by atoms with van der Waals surface area (Å²) in [4.78, 5) is 20.6. The zero-order valence-electron chi connectivity index (χ0n) is 8.68. The first-order valence-electron chi connectivity index (χ1n) is 5.02. The Morgan fingerprint density at radius 2 is 2.18 bits per heavy atom. The van der Waals surface area contributed by atoms with Crippen LogP contribution in [0.25, 0.3) is 22.6 Å². The molecule has 0 saturated heterocycles. The first kappa shape index (κ1) is 9.59. The molecule has 2 aromatic heterocycles. The predicted molar refractivity (Wildman–Crippen MR) is 62.5 cm³/mol. The Morgan fingerprint density at radius 1 is 1.29 bits per heavy atom. The summed E-state index contributed by atoms with van der Waals surface area (Å²) in [5, 5.41) is 10.6. The minimum Gasteiger partial charge on any atom is -0.359 e. The Bertz CT molecular complexity index is 685. The highest BCUT2D eigenvalue weighted by Gasteiger charge is 2.10. The largest absolute Gasteiger partial charge is 0.359 e. The molecule has 0 aliphatic heterocycles. The highest BCUT2D eigenvalue weighted by Crippen LogP contribution is 2.22. The normalized spacial score (nSPS) is 10.8. The third kappa shape index (κ3) is 1.55. The number of fused-ring (bicyclic) bond motifs is 1. The van der Waals surface area contributed by atoms with E-state index in [9.17, 15) is 10.1 Å². The van der Waals surface area contributed by atoms with Gasteiger partial charge in [0.25, 0.3) is 5.69 Å². The summed E-state index contributed by atoms with van der Waals surface area (Å²) >= 11 is 0. The van der Waals surface area contributed by atoms with Crippen molar-refractivity contribution in [1.29, 1.82) is 0 Å². The molecule has 84 valence electrons. The van der Waals surface area contributed by atoms with Crippen molar-refractivity contribution in [3.05, 3.63) is 46.6 Å². The van der Waals surface area contributed by atoms with Crippen LogP contribution in [0.1, 0.15) is 0 Å². The van der Waals surface area contributed by atoms with Gasteiger partial charge in [-0.25, -0.2) is 4.98 Å². The van der Waals surface area contributed by atoms with Crippen LogP contribution in [0.4, 0.5) is 5.69 Å². The Labute approximate surface area is 95.5 Å². The smallest absolute Gasteiger partial charge is 0.271 e. The fourth-order valence-electron chi connectivity index (χ4n) is 1.71. The minimum atomic E-state index is -0.428. The molecule has 2 heterocycles. The number of nitrogens with one attached hydrogen (secondary N) is 2. The number of hydrogen-bond donors (Lipinski definition) is 2. The number of H-pyrrole nitrogens is 2. The number of nitro groups is 1. The van der Waals surface area contributed by atoms with E-state index in [2.05, 4.69) is 15.0 Å². The first-order valence-corrected chi connectivity index (χ1v) is 5.02. The molecule has 0 bridgehead atoms. The van der Waals surface area contributed by atoms with Crippen LogP contribution in [0.3, 0.4) is 0 Å². The molecule has 3 rings (SSSR count). The highest BCUT2D eigenvalue weighted by molar-refractivity contribution is 5.80. The molecule has 2 N–H and O–H groups in total. The number of benzene rings is 1. The fraction of sp³-hybridized carbons (Fsp3) is 0. The number of aromatic nitrogens is 3. The molecule has 0 fully saturated rings. The van der Waals surface area contributed by atoms with Gasteiger partial charge in [-0.3, -0.25) is 10.1 Å². The molecule has 0 aliphatic rings. The van der Waals surface area contributed by atoms with Gasteiger partial charge in [0.1, 0.15) is 0 Å². The van der Waals surface area contributed by atoms with Crippen molar-refractivity contribution in [2.45, 2.75) is 0 Å². The van der Waals surface area contributed by atoms with Crippen molar-refractivity contribution in [2.24, 2.45) is 0 Å². The van der Waals surface area contributed by atoms with Crippen LogP contribution in [0.5, 0.6) is 0 Å². The second-order valence-electron chi connectivity index (χ2n) is 3.63. The topological polar surface area (TPSA) is 87.6 Å². The summed E-state index contributed by atoms with van der Waals surface area (Å²) in [5.74, 6) is 0.672. The van der Waals surface area contributed by atoms with Crippen LogP contribution >= 0.6 is 0 Å². The van der Waals surface area contributed by atoms with Crippen molar-refractivity contribution in [1.82, 2.24) is 15.0 Å². The van der Waals surface area contributed by atoms with Crippen LogP contribution in [-0.4, -0.2) is 19.9 Å². The maximum Gasteiger partial charge on any atom is 0.271 e. The van der Waals surface area contributed by atoms with E-state index < -0.39 is 4.92 Å². The molecular formula is C11H8N4O2. The zero-order chi connectivity index (χ0) is 11.8. The number of nitrogens with zero attached hydrogens (tertiary/aromatic N) is 2. The number of non-ortho nitro benzene ring substituents is 1. The van der Waals surface area contributed by atoms with Gasteiger partial charge in [-0.1, -0.05) is 0 Å². The van der Waals surface area contributed by atoms with Crippen LogP contribution in [-0.2, 0) is 0 Å². The van der Waals surface area contributed by atoms with E-state index in [0.717, 1.165) is 11.2 Å². The molecular weight excluding hydrogens is 220 g/mol. The van der Waals surface area contributed by atoms with E-state index in [1.54, 1.807) is 12.3 Å². The van der Waals surface area contributed by atoms with Crippen molar-refractivity contribution < 1.29 is 4.92 Å². The molecule has 6 nitrogen and oxygen atoms in total. The third-order valence-corrected chi connectivity index (χ3v) is 2.53. The lowest BCUT2D eigenvalue weighted by Gasteiger charge is -1.89. The van der Waals surface area contributed by atoms with Gasteiger partial charge in [0, 0.05) is 18.3 Å². The van der Waals surface area contributed by atoms with Crippen molar-refractivity contribution in [3.63, 3.8) is 0 Å².